The Morgan fingerprint density at radius 3 is 2.32 bits per heavy atom. The minimum atomic E-state index is -0.328. The molecule has 1 N–H and O–H groups in total. The van der Waals surface area contributed by atoms with Crippen molar-refractivity contribution in [2.45, 2.75) is 6.42 Å². The van der Waals surface area contributed by atoms with Crippen LogP contribution in [0.25, 0.3) is 0 Å². The SMILES string of the molecule is COc1ccccc1NC(=O)c1cccc(N2C(=O)[C@@H]3[C@H]4C=C[C@H]([C@H]5C[C@H]45)[C@@H]3C2=O)c1. The van der Waals surface area contributed by atoms with Crippen molar-refractivity contribution in [2.24, 2.45) is 35.5 Å². The van der Waals surface area contributed by atoms with Gasteiger partial charge in [0, 0.05) is 5.56 Å². The number of carbonyl (C=O) groups excluding carboxylic acids is 3. The summed E-state index contributed by atoms with van der Waals surface area (Å²) in [6.07, 6.45) is 5.45. The monoisotopic (exact) mass is 414 g/mol. The minimum Gasteiger partial charge on any atom is -0.495 e. The molecule has 1 heterocycles. The lowest BCUT2D eigenvalue weighted by Gasteiger charge is -2.37. The third-order valence-electron chi connectivity index (χ3n) is 7.38. The summed E-state index contributed by atoms with van der Waals surface area (Å²) < 4.78 is 5.29. The van der Waals surface area contributed by atoms with Gasteiger partial charge in [0.2, 0.25) is 11.8 Å². The highest BCUT2D eigenvalue weighted by atomic mass is 16.5. The van der Waals surface area contributed by atoms with Crippen LogP contribution in [-0.4, -0.2) is 24.8 Å². The molecule has 3 amide bonds. The number of ether oxygens (including phenoxy) is 1. The number of methoxy groups -OCH3 is 1. The zero-order chi connectivity index (χ0) is 21.3. The number of para-hydroxylation sites is 2. The van der Waals surface area contributed by atoms with Crippen molar-refractivity contribution in [1.82, 2.24) is 0 Å². The maximum Gasteiger partial charge on any atom is 0.255 e. The molecule has 31 heavy (non-hydrogen) atoms. The minimum absolute atomic E-state index is 0.123. The van der Waals surface area contributed by atoms with E-state index in [1.165, 1.54) is 4.90 Å². The number of nitrogens with zero attached hydrogens (tertiary/aromatic N) is 1. The van der Waals surface area contributed by atoms with Gasteiger partial charge in [-0.15, -0.1) is 0 Å². The lowest BCUT2D eigenvalue weighted by Crippen LogP contribution is -2.40. The summed E-state index contributed by atoms with van der Waals surface area (Å²) in [5.74, 6) is 0.959. The van der Waals surface area contributed by atoms with Crippen LogP contribution in [0.4, 0.5) is 11.4 Å². The number of hydrogen-bond donors (Lipinski definition) is 1. The summed E-state index contributed by atoms with van der Waals surface area (Å²) in [7, 11) is 1.54. The summed E-state index contributed by atoms with van der Waals surface area (Å²) in [5.41, 5.74) is 1.40. The number of allylic oxidation sites excluding steroid dienone is 2. The van der Waals surface area contributed by atoms with Gasteiger partial charge in [-0.3, -0.25) is 14.4 Å². The van der Waals surface area contributed by atoms with Crippen LogP contribution in [0.1, 0.15) is 16.8 Å². The van der Waals surface area contributed by atoms with E-state index >= 15 is 0 Å². The zero-order valence-corrected chi connectivity index (χ0v) is 17.0. The quantitative estimate of drug-likeness (QED) is 0.614. The first-order chi connectivity index (χ1) is 15.1. The Kier molecular flexibility index (Phi) is 3.88. The molecule has 4 aliphatic carbocycles. The van der Waals surface area contributed by atoms with Crippen LogP contribution in [0, 0.1) is 35.5 Å². The van der Waals surface area contributed by atoms with Crippen molar-refractivity contribution in [1.29, 1.82) is 0 Å². The maximum absolute atomic E-state index is 13.3. The van der Waals surface area contributed by atoms with E-state index in [0.717, 1.165) is 6.42 Å². The molecular formula is C25H22N2O4. The molecule has 0 radical (unpaired) electrons. The maximum atomic E-state index is 13.3. The van der Waals surface area contributed by atoms with Crippen LogP contribution >= 0.6 is 0 Å². The fraction of sp³-hybridized carbons (Fsp3) is 0.320. The van der Waals surface area contributed by atoms with Gasteiger partial charge >= 0.3 is 0 Å². The molecule has 1 saturated heterocycles. The summed E-state index contributed by atoms with van der Waals surface area (Å²) >= 11 is 0. The van der Waals surface area contributed by atoms with Gasteiger partial charge in [-0.05, 0) is 60.4 Å². The third-order valence-corrected chi connectivity index (χ3v) is 7.38. The van der Waals surface area contributed by atoms with Crippen molar-refractivity contribution < 1.29 is 19.1 Å². The van der Waals surface area contributed by atoms with Crippen molar-refractivity contribution >= 4 is 29.1 Å². The van der Waals surface area contributed by atoms with Crippen LogP contribution in [0.2, 0.25) is 0 Å². The van der Waals surface area contributed by atoms with Crippen molar-refractivity contribution in [2.75, 3.05) is 17.3 Å². The number of carbonyl (C=O) groups is 3. The molecule has 5 aliphatic rings. The zero-order valence-electron chi connectivity index (χ0n) is 17.0. The molecule has 6 nitrogen and oxygen atoms in total. The number of anilines is 2. The van der Waals surface area contributed by atoms with Crippen LogP contribution in [-0.2, 0) is 9.59 Å². The number of benzene rings is 2. The predicted octanol–water partition coefficient (Wildman–Crippen LogP) is 3.51. The number of amides is 3. The van der Waals surface area contributed by atoms with Crippen molar-refractivity contribution in [3.8, 4) is 5.75 Å². The van der Waals surface area contributed by atoms with E-state index < -0.39 is 0 Å². The lowest BCUT2D eigenvalue weighted by atomic mass is 9.63. The van der Waals surface area contributed by atoms with Gasteiger partial charge in [-0.2, -0.15) is 0 Å². The Labute approximate surface area is 179 Å². The molecule has 2 saturated carbocycles. The third kappa shape index (κ3) is 2.60. The topological polar surface area (TPSA) is 75.7 Å². The molecule has 2 aromatic rings. The Hall–Kier alpha value is -3.41. The van der Waals surface area contributed by atoms with Gasteiger partial charge in [0.1, 0.15) is 5.75 Å². The van der Waals surface area contributed by atoms with E-state index in [1.54, 1.807) is 43.5 Å². The Morgan fingerprint density at radius 1 is 0.968 bits per heavy atom. The number of hydrogen-bond acceptors (Lipinski definition) is 4. The van der Waals surface area contributed by atoms with Crippen molar-refractivity contribution in [3.05, 3.63) is 66.2 Å². The smallest absolute Gasteiger partial charge is 0.255 e. The molecule has 156 valence electrons. The van der Waals surface area contributed by atoms with Crippen molar-refractivity contribution in [3.63, 3.8) is 0 Å². The van der Waals surface area contributed by atoms with E-state index in [2.05, 4.69) is 17.5 Å². The molecule has 0 spiro atoms. The summed E-state index contributed by atoms with van der Waals surface area (Å²) in [5, 5.41) is 2.84. The molecule has 6 atom stereocenters. The van der Waals surface area contributed by atoms with E-state index in [9.17, 15) is 14.4 Å². The lowest BCUT2D eigenvalue weighted by molar-refractivity contribution is -0.124. The molecular weight excluding hydrogens is 392 g/mol. The predicted molar refractivity (Wildman–Crippen MR) is 115 cm³/mol. The number of imide groups is 1. The Bertz CT molecular complexity index is 1120. The molecule has 0 aromatic heterocycles. The van der Waals surface area contributed by atoms with Gasteiger partial charge in [0.15, 0.2) is 0 Å². The van der Waals surface area contributed by atoms with E-state index in [0.29, 0.717) is 34.5 Å². The van der Waals surface area contributed by atoms with Crippen LogP contribution in [0.5, 0.6) is 5.75 Å². The van der Waals surface area contributed by atoms with E-state index in [-0.39, 0.29) is 41.4 Å². The van der Waals surface area contributed by atoms with Crippen LogP contribution in [0.15, 0.2) is 60.7 Å². The molecule has 3 fully saturated rings. The molecule has 1 aliphatic heterocycles. The van der Waals surface area contributed by atoms with Gasteiger partial charge in [0.05, 0.1) is 30.3 Å². The fourth-order valence-corrected chi connectivity index (χ4v) is 5.94. The number of nitrogens with one attached hydrogen (secondary N) is 1. The van der Waals surface area contributed by atoms with Crippen LogP contribution < -0.4 is 15.0 Å². The van der Waals surface area contributed by atoms with Gasteiger partial charge < -0.3 is 10.1 Å². The van der Waals surface area contributed by atoms with Gasteiger partial charge in [0.25, 0.3) is 5.91 Å². The normalized spacial score (nSPS) is 32.0. The van der Waals surface area contributed by atoms with E-state index in [4.69, 9.17) is 4.74 Å². The summed E-state index contributed by atoms with van der Waals surface area (Å²) in [6.45, 7) is 0. The molecule has 0 unspecified atom stereocenters. The first kappa shape index (κ1) is 18.4. The number of rotatable bonds is 4. The highest BCUT2D eigenvalue weighted by Gasteiger charge is 2.67. The first-order valence-corrected chi connectivity index (χ1v) is 10.7. The van der Waals surface area contributed by atoms with Gasteiger partial charge in [-0.1, -0.05) is 30.4 Å². The summed E-state index contributed by atoms with van der Waals surface area (Å²) in [6, 6.07) is 13.9. The second kappa shape index (κ2) is 6.54. The fourth-order valence-electron chi connectivity index (χ4n) is 5.94. The molecule has 2 aromatic carbocycles. The molecule has 2 bridgehead atoms. The first-order valence-electron chi connectivity index (χ1n) is 10.7. The molecule has 6 heteroatoms. The highest BCUT2D eigenvalue weighted by Crippen LogP contribution is 2.65. The second-order valence-corrected chi connectivity index (χ2v) is 8.87. The average Bonchev–Trinajstić information content (AvgIpc) is 3.57. The highest BCUT2D eigenvalue weighted by molar-refractivity contribution is 6.23. The molecule has 7 rings (SSSR count). The average molecular weight is 414 g/mol. The van der Waals surface area contributed by atoms with Gasteiger partial charge in [-0.25, -0.2) is 4.90 Å². The van der Waals surface area contributed by atoms with Crippen LogP contribution in [0.3, 0.4) is 0 Å². The Morgan fingerprint density at radius 2 is 1.65 bits per heavy atom. The standard InChI is InChI=1S/C25H22N2O4/c1-31-20-8-3-2-7-19(20)26-23(28)13-5-4-6-14(11-13)27-24(29)21-15-9-10-16(18-12-17(15)18)22(21)25(27)30/h2-11,15-18,21-22H,12H2,1H3,(H,26,28)/t15-,16+,17-,18-,21+,22-/m1/s1. The summed E-state index contributed by atoms with van der Waals surface area (Å²) in [4.78, 5) is 40.8. The Balaban J connectivity index is 1.29. The second-order valence-electron chi connectivity index (χ2n) is 8.87. The van der Waals surface area contributed by atoms with E-state index in [1.807, 2.05) is 12.1 Å². The largest absolute Gasteiger partial charge is 0.495 e.